The van der Waals surface area contributed by atoms with Crippen molar-refractivity contribution >= 4 is 6.29 Å². The molecule has 0 bridgehead atoms. The van der Waals surface area contributed by atoms with Gasteiger partial charge in [-0.1, -0.05) is 0 Å². The Hall–Kier alpha value is -1.60. The lowest BCUT2D eigenvalue weighted by atomic mass is 10.0. The largest absolute Gasteiger partial charge is 0.417 e. The highest BCUT2D eigenvalue weighted by Gasteiger charge is 2.41. The zero-order chi connectivity index (χ0) is 13.4. The van der Waals surface area contributed by atoms with E-state index in [2.05, 4.69) is 0 Å². The van der Waals surface area contributed by atoms with E-state index < -0.39 is 41.1 Å². The third kappa shape index (κ3) is 2.75. The molecule has 0 saturated heterocycles. The monoisotopic (exact) mass is 260 g/mol. The second-order valence-electron chi connectivity index (χ2n) is 3.03. The Morgan fingerprint density at radius 3 is 1.47 bits per heavy atom. The summed E-state index contributed by atoms with van der Waals surface area (Å²) in [5.41, 5.74) is -5.51. The third-order valence-electron chi connectivity index (χ3n) is 1.87. The van der Waals surface area contributed by atoms with Crippen molar-refractivity contribution in [3.63, 3.8) is 0 Å². The van der Waals surface area contributed by atoms with Gasteiger partial charge in [0, 0.05) is 5.56 Å². The molecule has 0 aliphatic heterocycles. The van der Waals surface area contributed by atoms with Crippen LogP contribution in [0, 0.1) is 5.82 Å². The lowest BCUT2D eigenvalue weighted by Gasteiger charge is -2.15. The Morgan fingerprint density at radius 1 is 0.882 bits per heavy atom. The predicted octanol–water partition coefficient (Wildman–Crippen LogP) is 3.68. The van der Waals surface area contributed by atoms with Crippen LogP contribution in [0.3, 0.4) is 0 Å². The molecule has 17 heavy (non-hydrogen) atoms. The molecule has 1 nitrogen and oxygen atoms in total. The Kier molecular flexibility index (Phi) is 3.17. The SMILES string of the molecule is O=Cc1c(C(F)(F)F)cc(F)cc1C(F)(F)F. The number of aldehydes is 1. The van der Waals surface area contributed by atoms with Gasteiger partial charge in [-0.15, -0.1) is 0 Å². The molecular weight excluding hydrogens is 257 g/mol. The second-order valence-corrected chi connectivity index (χ2v) is 3.03. The fraction of sp³-hybridized carbons (Fsp3) is 0.222. The van der Waals surface area contributed by atoms with Gasteiger partial charge >= 0.3 is 12.4 Å². The first-order valence-corrected chi connectivity index (χ1v) is 4.00. The summed E-state index contributed by atoms with van der Waals surface area (Å²) in [5.74, 6) is -1.71. The highest BCUT2D eigenvalue weighted by atomic mass is 19.4. The van der Waals surface area contributed by atoms with Gasteiger partial charge in [-0.2, -0.15) is 26.3 Å². The van der Waals surface area contributed by atoms with Crippen LogP contribution in [0.5, 0.6) is 0 Å². The maximum absolute atomic E-state index is 12.7. The molecule has 0 spiro atoms. The maximum Gasteiger partial charge on any atom is 0.417 e. The first kappa shape index (κ1) is 13.5. The lowest BCUT2D eigenvalue weighted by Crippen LogP contribution is -2.17. The van der Waals surface area contributed by atoms with E-state index in [-0.39, 0.29) is 12.1 Å². The van der Waals surface area contributed by atoms with Gasteiger partial charge in [0.15, 0.2) is 6.29 Å². The van der Waals surface area contributed by atoms with Gasteiger partial charge in [-0.3, -0.25) is 4.79 Å². The normalized spacial score (nSPS) is 12.6. The molecule has 0 aliphatic carbocycles. The van der Waals surface area contributed by atoms with Crippen LogP contribution in [-0.2, 0) is 12.4 Å². The molecule has 0 radical (unpaired) electrons. The van der Waals surface area contributed by atoms with E-state index in [0.717, 1.165) is 0 Å². The van der Waals surface area contributed by atoms with Crippen LogP contribution >= 0.6 is 0 Å². The molecule has 0 amide bonds. The van der Waals surface area contributed by atoms with Gasteiger partial charge < -0.3 is 0 Å². The number of carbonyl (C=O) groups excluding carboxylic acids is 1. The molecule has 0 unspecified atom stereocenters. The Morgan fingerprint density at radius 2 is 1.24 bits per heavy atom. The van der Waals surface area contributed by atoms with Gasteiger partial charge in [0.05, 0.1) is 11.1 Å². The molecule has 0 aliphatic rings. The van der Waals surface area contributed by atoms with Crippen LogP contribution in [0.4, 0.5) is 30.7 Å². The van der Waals surface area contributed by atoms with Crippen molar-refractivity contribution in [1.29, 1.82) is 0 Å². The van der Waals surface area contributed by atoms with Crippen molar-refractivity contribution in [3.8, 4) is 0 Å². The minimum absolute atomic E-state index is 0.154. The van der Waals surface area contributed by atoms with E-state index in [1.54, 1.807) is 0 Å². The Labute approximate surface area is 89.8 Å². The fourth-order valence-electron chi connectivity index (χ4n) is 1.21. The van der Waals surface area contributed by atoms with Gasteiger partial charge in [0.2, 0.25) is 0 Å². The highest BCUT2D eigenvalue weighted by Crippen LogP contribution is 2.39. The molecule has 1 rings (SSSR count). The predicted molar refractivity (Wildman–Crippen MR) is 41.8 cm³/mol. The van der Waals surface area contributed by atoms with Gasteiger partial charge in [0.25, 0.3) is 0 Å². The topological polar surface area (TPSA) is 17.1 Å². The average Bonchev–Trinajstić information content (AvgIpc) is 2.13. The van der Waals surface area contributed by atoms with E-state index in [4.69, 9.17) is 0 Å². The van der Waals surface area contributed by atoms with Gasteiger partial charge in [-0.25, -0.2) is 4.39 Å². The van der Waals surface area contributed by atoms with Crippen molar-refractivity contribution in [1.82, 2.24) is 0 Å². The minimum Gasteiger partial charge on any atom is -0.298 e. The van der Waals surface area contributed by atoms with E-state index in [1.165, 1.54) is 0 Å². The van der Waals surface area contributed by atoms with E-state index in [1.807, 2.05) is 0 Å². The van der Waals surface area contributed by atoms with Crippen LogP contribution in [0.1, 0.15) is 21.5 Å². The Balaban J connectivity index is 3.64. The van der Waals surface area contributed by atoms with Crippen LogP contribution < -0.4 is 0 Å². The average molecular weight is 260 g/mol. The van der Waals surface area contributed by atoms with E-state index in [9.17, 15) is 35.5 Å². The molecule has 0 fully saturated rings. The van der Waals surface area contributed by atoms with Crippen LogP contribution in [0.2, 0.25) is 0 Å². The zero-order valence-corrected chi connectivity index (χ0v) is 7.79. The van der Waals surface area contributed by atoms with Crippen molar-refractivity contribution in [2.24, 2.45) is 0 Å². The summed E-state index contributed by atoms with van der Waals surface area (Å²) in [7, 11) is 0. The quantitative estimate of drug-likeness (QED) is 0.556. The van der Waals surface area contributed by atoms with E-state index in [0.29, 0.717) is 0 Å². The molecule has 0 heterocycles. The van der Waals surface area contributed by atoms with Crippen LogP contribution in [0.15, 0.2) is 12.1 Å². The van der Waals surface area contributed by atoms with Crippen molar-refractivity contribution in [2.75, 3.05) is 0 Å². The van der Waals surface area contributed by atoms with Crippen molar-refractivity contribution in [2.45, 2.75) is 12.4 Å². The number of alkyl halides is 6. The summed E-state index contributed by atoms with van der Waals surface area (Å²) < 4.78 is 86.4. The summed E-state index contributed by atoms with van der Waals surface area (Å²) in [6, 6.07) is -0.308. The lowest BCUT2D eigenvalue weighted by molar-refractivity contribution is -0.143. The number of benzene rings is 1. The number of carbonyl (C=O) groups is 1. The number of hydrogen-bond acceptors (Lipinski definition) is 1. The summed E-state index contributed by atoms with van der Waals surface area (Å²) in [6.45, 7) is 0. The molecule has 94 valence electrons. The number of rotatable bonds is 1. The van der Waals surface area contributed by atoms with E-state index >= 15 is 0 Å². The first-order valence-electron chi connectivity index (χ1n) is 4.00. The molecule has 0 atom stereocenters. The smallest absolute Gasteiger partial charge is 0.298 e. The summed E-state index contributed by atoms with van der Waals surface area (Å²) >= 11 is 0. The van der Waals surface area contributed by atoms with Gasteiger partial charge in [0.1, 0.15) is 5.82 Å². The molecule has 1 aromatic carbocycles. The molecule has 0 aromatic heterocycles. The molecule has 8 heteroatoms. The molecular formula is C9H3F7O. The Bertz CT molecular complexity index is 409. The molecule has 0 saturated carbocycles. The standard InChI is InChI=1S/C9H3F7O/c10-4-1-6(8(11,12)13)5(3-17)7(2-4)9(14,15)16/h1-3H. The third-order valence-corrected chi connectivity index (χ3v) is 1.87. The molecule has 0 N–H and O–H groups in total. The minimum atomic E-state index is -5.24. The van der Waals surface area contributed by atoms with Crippen LogP contribution in [0.25, 0.3) is 0 Å². The number of halogens is 7. The van der Waals surface area contributed by atoms with Crippen LogP contribution in [-0.4, -0.2) is 6.29 Å². The van der Waals surface area contributed by atoms with Crippen molar-refractivity contribution < 1.29 is 35.5 Å². The highest BCUT2D eigenvalue weighted by molar-refractivity contribution is 5.80. The first-order chi connectivity index (χ1) is 7.57. The zero-order valence-electron chi connectivity index (χ0n) is 7.79. The summed E-state index contributed by atoms with van der Waals surface area (Å²) in [4.78, 5) is 10.3. The fourth-order valence-corrected chi connectivity index (χ4v) is 1.21. The second kappa shape index (κ2) is 4.01. The summed E-state index contributed by atoms with van der Waals surface area (Å²) in [6.07, 6.45) is -11.1. The van der Waals surface area contributed by atoms with Crippen molar-refractivity contribution in [3.05, 3.63) is 34.6 Å². The number of hydrogen-bond donors (Lipinski definition) is 0. The maximum atomic E-state index is 12.7. The van der Waals surface area contributed by atoms with Gasteiger partial charge in [-0.05, 0) is 12.1 Å². The molecule has 1 aromatic rings. The summed E-state index contributed by atoms with van der Waals surface area (Å²) in [5, 5.41) is 0.